The number of fused-ring (bicyclic) bond motifs is 1. The van der Waals surface area contributed by atoms with Gasteiger partial charge in [0.1, 0.15) is 17.5 Å². The molecule has 1 fully saturated rings. The summed E-state index contributed by atoms with van der Waals surface area (Å²) in [5, 5.41) is 5.37. The highest BCUT2D eigenvalue weighted by Crippen LogP contribution is 2.20. The standard InChI is InChI=1S/C21H26N4O5/c1-12-23-15-10-13(11-22-20(29)30-21(2,3)4)8-9-14(15)19(28)25(12)16-6-5-7-17(26)24-18(16)27/h8-10,16H,5-7,11H2,1-4H3,(H,22,29)(H,24,26,27). The van der Waals surface area contributed by atoms with Gasteiger partial charge in [-0.1, -0.05) is 6.07 Å². The number of rotatable bonds is 3. The number of aromatic nitrogens is 2. The third-order valence-electron chi connectivity index (χ3n) is 4.74. The number of alkyl carbamates (subject to hydrolysis) is 1. The highest BCUT2D eigenvalue weighted by Gasteiger charge is 2.28. The zero-order valence-corrected chi connectivity index (χ0v) is 17.6. The molecule has 0 aliphatic carbocycles. The number of ether oxygens (including phenoxy) is 1. The van der Waals surface area contributed by atoms with E-state index in [-0.39, 0.29) is 24.4 Å². The summed E-state index contributed by atoms with van der Waals surface area (Å²) in [5.41, 5.74) is 0.308. The van der Waals surface area contributed by atoms with Gasteiger partial charge in [-0.15, -0.1) is 0 Å². The summed E-state index contributed by atoms with van der Waals surface area (Å²) in [6.45, 7) is 7.23. The van der Waals surface area contributed by atoms with Crippen molar-refractivity contribution in [3.8, 4) is 0 Å². The number of benzene rings is 1. The summed E-state index contributed by atoms with van der Waals surface area (Å²) in [6, 6.07) is 4.31. The molecule has 2 heterocycles. The number of hydrogen-bond donors (Lipinski definition) is 2. The minimum absolute atomic E-state index is 0.224. The number of hydrogen-bond acceptors (Lipinski definition) is 6. The number of imide groups is 1. The minimum atomic E-state index is -0.769. The van der Waals surface area contributed by atoms with Crippen molar-refractivity contribution < 1.29 is 19.1 Å². The van der Waals surface area contributed by atoms with Gasteiger partial charge in [0.2, 0.25) is 11.8 Å². The number of nitrogens with zero attached hydrogens (tertiary/aromatic N) is 2. The van der Waals surface area contributed by atoms with E-state index in [0.29, 0.717) is 29.6 Å². The molecule has 0 bridgehead atoms. The number of carbonyl (C=O) groups excluding carboxylic acids is 3. The molecule has 1 aliphatic rings. The molecule has 0 saturated carbocycles. The highest BCUT2D eigenvalue weighted by molar-refractivity contribution is 5.98. The maximum Gasteiger partial charge on any atom is 0.407 e. The molecule has 3 amide bonds. The van der Waals surface area contributed by atoms with Gasteiger partial charge in [-0.25, -0.2) is 9.78 Å². The average molecular weight is 414 g/mol. The van der Waals surface area contributed by atoms with Gasteiger partial charge in [0, 0.05) is 13.0 Å². The second-order valence-electron chi connectivity index (χ2n) is 8.36. The van der Waals surface area contributed by atoms with Crippen molar-refractivity contribution in [3.63, 3.8) is 0 Å². The van der Waals surface area contributed by atoms with Crippen LogP contribution in [0.4, 0.5) is 4.79 Å². The van der Waals surface area contributed by atoms with E-state index < -0.39 is 23.6 Å². The third-order valence-corrected chi connectivity index (χ3v) is 4.74. The van der Waals surface area contributed by atoms with Gasteiger partial charge in [0.15, 0.2) is 0 Å². The Morgan fingerprint density at radius 3 is 2.73 bits per heavy atom. The Morgan fingerprint density at radius 1 is 1.30 bits per heavy atom. The predicted octanol–water partition coefficient (Wildman–Crippen LogP) is 2.10. The van der Waals surface area contributed by atoms with E-state index in [1.807, 2.05) is 0 Å². The van der Waals surface area contributed by atoms with Crippen molar-refractivity contribution in [2.24, 2.45) is 0 Å². The SMILES string of the molecule is Cc1nc2cc(CNC(=O)OC(C)(C)C)ccc2c(=O)n1C1CCCC(=O)NC1=O. The fraction of sp³-hybridized carbons (Fsp3) is 0.476. The van der Waals surface area contributed by atoms with Gasteiger partial charge >= 0.3 is 6.09 Å². The van der Waals surface area contributed by atoms with Crippen molar-refractivity contribution in [2.75, 3.05) is 0 Å². The monoisotopic (exact) mass is 414 g/mol. The zero-order chi connectivity index (χ0) is 22.1. The van der Waals surface area contributed by atoms with E-state index in [4.69, 9.17) is 4.74 Å². The van der Waals surface area contributed by atoms with Crippen LogP contribution in [0.1, 0.15) is 57.5 Å². The lowest BCUT2D eigenvalue weighted by molar-refractivity contribution is -0.131. The summed E-state index contributed by atoms with van der Waals surface area (Å²) >= 11 is 0. The number of amides is 3. The minimum Gasteiger partial charge on any atom is -0.444 e. The van der Waals surface area contributed by atoms with Crippen LogP contribution in [0.2, 0.25) is 0 Å². The van der Waals surface area contributed by atoms with E-state index in [2.05, 4.69) is 15.6 Å². The molecule has 9 heteroatoms. The Labute approximate surface area is 173 Å². The van der Waals surface area contributed by atoms with Gasteiger partial charge in [0.05, 0.1) is 10.9 Å². The molecule has 1 aromatic heterocycles. The summed E-state index contributed by atoms with van der Waals surface area (Å²) in [5.74, 6) is -0.426. The highest BCUT2D eigenvalue weighted by atomic mass is 16.6. The molecule has 30 heavy (non-hydrogen) atoms. The third kappa shape index (κ3) is 4.84. The quantitative estimate of drug-likeness (QED) is 0.743. The molecule has 2 aromatic rings. The fourth-order valence-electron chi connectivity index (χ4n) is 3.44. The first kappa shape index (κ1) is 21.5. The smallest absolute Gasteiger partial charge is 0.407 e. The summed E-state index contributed by atoms with van der Waals surface area (Å²) in [7, 11) is 0. The van der Waals surface area contributed by atoms with Crippen LogP contribution in [-0.2, 0) is 20.9 Å². The van der Waals surface area contributed by atoms with Crippen LogP contribution in [0.5, 0.6) is 0 Å². The first-order valence-electron chi connectivity index (χ1n) is 9.87. The van der Waals surface area contributed by atoms with Crippen LogP contribution in [0.25, 0.3) is 10.9 Å². The molecule has 1 atom stereocenters. The van der Waals surface area contributed by atoms with Gasteiger partial charge in [-0.3, -0.25) is 24.3 Å². The van der Waals surface area contributed by atoms with Gasteiger partial charge in [-0.2, -0.15) is 0 Å². The molecule has 1 unspecified atom stereocenters. The molecule has 3 rings (SSSR count). The Hall–Kier alpha value is -3.23. The summed E-state index contributed by atoms with van der Waals surface area (Å²) in [6.07, 6.45) is 0.631. The normalized spacial score (nSPS) is 17.4. The lowest BCUT2D eigenvalue weighted by Gasteiger charge is -2.20. The zero-order valence-electron chi connectivity index (χ0n) is 17.6. The van der Waals surface area contributed by atoms with Crippen LogP contribution in [-0.4, -0.2) is 33.1 Å². The first-order valence-corrected chi connectivity index (χ1v) is 9.87. The lowest BCUT2D eigenvalue weighted by atomic mass is 10.1. The topological polar surface area (TPSA) is 119 Å². The van der Waals surface area contributed by atoms with E-state index >= 15 is 0 Å². The number of nitrogens with one attached hydrogen (secondary N) is 2. The van der Waals surface area contributed by atoms with E-state index in [9.17, 15) is 19.2 Å². The molecular formula is C21H26N4O5. The Bertz CT molecular complexity index is 1070. The average Bonchev–Trinajstić information content (AvgIpc) is 2.79. The largest absolute Gasteiger partial charge is 0.444 e. The Balaban J connectivity index is 1.87. The number of aryl methyl sites for hydroxylation is 1. The molecule has 1 saturated heterocycles. The van der Waals surface area contributed by atoms with Crippen molar-refractivity contribution in [1.29, 1.82) is 0 Å². The second-order valence-corrected chi connectivity index (χ2v) is 8.36. The van der Waals surface area contributed by atoms with Crippen molar-refractivity contribution in [1.82, 2.24) is 20.2 Å². The van der Waals surface area contributed by atoms with Gasteiger partial charge in [0.25, 0.3) is 5.56 Å². The summed E-state index contributed by atoms with van der Waals surface area (Å²) < 4.78 is 6.57. The van der Waals surface area contributed by atoms with Crippen LogP contribution in [0.3, 0.4) is 0 Å². The molecule has 0 spiro atoms. The first-order chi connectivity index (χ1) is 14.0. The van der Waals surface area contributed by atoms with Crippen molar-refractivity contribution in [2.45, 2.75) is 65.1 Å². The molecule has 1 aromatic carbocycles. The van der Waals surface area contributed by atoms with Crippen LogP contribution in [0.15, 0.2) is 23.0 Å². The van der Waals surface area contributed by atoms with Crippen LogP contribution < -0.4 is 16.2 Å². The van der Waals surface area contributed by atoms with Crippen LogP contribution in [0, 0.1) is 6.92 Å². The molecular weight excluding hydrogens is 388 g/mol. The Morgan fingerprint density at radius 2 is 2.03 bits per heavy atom. The van der Waals surface area contributed by atoms with Crippen LogP contribution >= 0.6 is 0 Å². The molecule has 2 N–H and O–H groups in total. The maximum atomic E-state index is 13.1. The molecule has 0 radical (unpaired) electrons. The number of carbonyl (C=O) groups is 3. The molecule has 160 valence electrons. The molecule has 1 aliphatic heterocycles. The van der Waals surface area contributed by atoms with Crippen molar-refractivity contribution >= 4 is 28.8 Å². The van der Waals surface area contributed by atoms with Crippen molar-refractivity contribution in [3.05, 3.63) is 39.9 Å². The Kier molecular flexibility index (Phi) is 5.91. The van der Waals surface area contributed by atoms with Gasteiger partial charge in [-0.05, 0) is 58.2 Å². The molecule has 9 nitrogen and oxygen atoms in total. The van der Waals surface area contributed by atoms with E-state index in [1.165, 1.54) is 4.57 Å². The van der Waals surface area contributed by atoms with E-state index in [1.54, 1.807) is 45.9 Å². The summed E-state index contributed by atoms with van der Waals surface area (Å²) in [4.78, 5) is 53.4. The predicted molar refractivity (Wildman–Crippen MR) is 110 cm³/mol. The fourth-order valence-corrected chi connectivity index (χ4v) is 3.44. The second kappa shape index (κ2) is 8.25. The lowest BCUT2D eigenvalue weighted by Crippen LogP contribution is -2.39. The van der Waals surface area contributed by atoms with E-state index in [0.717, 1.165) is 5.56 Å². The van der Waals surface area contributed by atoms with Gasteiger partial charge < -0.3 is 10.1 Å². The maximum absolute atomic E-state index is 13.1.